The molecule has 0 aromatic heterocycles. The van der Waals surface area contributed by atoms with Crippen molar-refractivity contribution < 1.29 is 14.3 Å². The van der Waals surface area contributed by atoms with E-state index in [-0.39, 0.29) is 37.2 Å². The van der Waals surface area contributed by atoms with Crippen LogP contribution in [0, 0.1) is 10.7 Å². The van der Waals surface area contributed by atoms with Crippen LogP contribution in [0.15, 0.2) is 60.7 Å². The Morgan fingerprint density at radius 3 is 2.18 bits per heavy atom. The molecule has 0 saturated carbocycles. The minimum absolute atomic E-state index is 0.0415. The van der Waals surface area contributed by atoms with Crippen molar-refractivity contribution in [1.82, 2.24) is 0 Å². The monoisotopic (exact) mass is 588 g/mol. The second kappa shape index (κ2) is 11.2. The second-order valence-electron chi connectivity index (χ2n) is 12.7. The van der Waals surface area contributed by atoms with Gasteiger partial charge in [-0.15, -0.1) is 0 Å². The van der Waals surface area contributed by atoms with E-state index < -0.39 is 0 Å². The average molecular weight is 588 g/mol. The number of benzene rings is 3. The van der Waals surface area contributed by atoms with Crippen LogP contribution in [-0.4, -0.2) is 28.0 Å². The van der Waals surface area contributed by atoms with Crippen molar-refractivity contribution in [3.05, 3.63) is 94.0 Å². The molecule has 3 aromatic carbocycles. The van der Waals surface area contributed by atoms with E-state index in [1.165, 1.54) is 33.8 Å². The first-order chi connectivity index (χ1) is 18.3. The fraction of sp³-hybridized carbons (Fsp3) is 0.400. The quantitative estimate of drug-likeness (QED) is 0.183. The molecular formula is C35H40O3Se. The summed E-state index contributed by atoms with van der Waals surface area (Å²) in [7, 11) is 1.39. The van der Waals surface area contributed by atoms with Crippen LogP contribution in [0.2, 0.25) is 0 Å². The van der Waals surface area contributed by atoms with Gasteiger partial charge in [-0.05, 0) is 0 Å². The topological polar surface area (TPSA) is 35.5 Å². The van der Waals surface area contributed by atoms with Crippen molar-refractivity contribution in [2.75, 3.05) is 7.11 Å². The molecule has 0 atom stereocenters. The van der Waals surface area contributed by atoms with E-state index in [1.54, 1.807) is 12.1 Å². The second-order valence-corrected chi connectivity index (χ2v) is 14.6. The van der Waals surface area contributed by atoms with Gasteiger partial charge in [-0.25, -0.2) is 0 Å². The molecule has 0 spiro atoms. The average Bonchev–Trinajstić information content (AvgIpc) is 2.89. The van der Waals surface area contributed by atoms with Crippen molar-refractivity contribution in [2.45, 2.75) is 84.2 Å². The van der Waals surface area contributed by atoms with Gasteiger partial charge in [0.15, 0.2) is 0 Å². The molecule has 3 aromatic rings. The number of hydrogen-bond donors (Lipinski definition) is 0. The molecule has 4 heteroatoms. The number of ether oxygens (including phenoxy) is 2. The summed E-state index contributed by atoms with van der Waals surface area (Å²) >= 11 is -0.0415. The van der Waals surface area contributed by atoms with E-state index >= 15 is 0 Å². The van der Waals surface area contributed by atoms with Crippen LogP contribution < -0.4 is 9.20 Å². The van der Waals surface area contributed by atoms with Gasteiger partial charge in [-0.3, -0.25) is 0 Å². The molecule has 0 radical (unpaired) electrons. The Balaban J connectivity index is 1.62. The third-order valence-corrected chi connectivity index (χ3v) is 9.16. The summed E-state index contributed by atoms with van der Waals surface area (Å²) in [6.07, 6.45) is 2.28. The van der Waals surface area contributed by atoms with Crippen molar-refractivity contribution >= 4 is 25.4 Å². The van der Waals surface area contributed by atoms with E-state index in [9.17, 15) is 4.79 Å². The van der Waals surface area contributed by atoms with E-state index in [2.05, 4.69) is 95.6 Å². The van der Waals surface area contributed by atoms with E-state index in [1.807, 2.05) is 12.1 Å². The summed E-state index contributed by atoms with van der Waals surface area (Å²) in [5.41, 5.74) is 6.92. The maximum absolute atomic E-state index is 11.7. The molecule has 1 aliphatic carbocycles. The predicted molar refractivity (Wildman–Crippen MR) is 161 cm³/mol. The summed E-state index contributed by atoms with van der Waals surface area (Å²) in [5.74, 6) is 3.93. The molecule has 4 rings (SSSR count). The van der Waals surface area contributed by atoms with Crippen LogP contribution in [0.4, 0.5) is 0 Å². The van der Waals surface area contributed by atoms with Gasteiger partial charge in [0.05, 0.1) is 0 Å². The zero-order chi connectivity index (χ0) is 28.4. The SMILES string of the molecule is COC(=O)c1ccc(C#C[Se]c2cc(OCc3ccc(C(C)(C)C)cc3)c3c(c2)C(C)(C)CCC3(C)C)cc1. The fourth-order valence-electron chi connectivity index (χ4n) is 5.09. The molecule has 204 valence electrons. The van der Waals surface area contributed by atoms with Crippen LogP contribution in [-0.2, 0) is 27.6 Å². The Hall–Kier alpha value is -2.99. The molecule has 0 saturated heterocycles. The minimum atomic E-state index is -0.337. The zero-order valence-electron chi connectivity index (χ0n) is 24.5. The number of carbonyl (C=O) groups is 1. The zero-order valence-corrected chi connectivity index (χ0v) is 26.2. The molecule has 0 fully saturated rings. The van der Waals surface area contributed by atoms with Crippen LogP contribution in [0.1, 0.15) is 99.5 Å². The van der Waals surface area contributed by atoms with Crippen molar-refractivity contribution in [2.24, 2.45) is 0 Å². The van der Waals surface area contributed by atoms with E-state index in [4.69, 9.17) is 9.47 Å². The molecule has 0 N–H and O–H groups in total. The first-order valence-electron chi connectivity index (χ1n) is 13.6. The van der Waals surface area contributed by atoms with E-state index in [0.29, 0.717) is 12.2 Å². The standard InChI is InChI=1S/C35H40O3Se/c1-33(2,3)27-15-11-25(12-16-27)23-38-30-22-28(21-29-31(30)35(6,7)19-18-34(29,4)5)39-20-17-24-9-13-26(14-10-24)32(36)37-8/h9-16,21-22H,18-19,23H2,1-8H3. The summed E-state index contributed by atoms with van der Waals surface area (Å²) in [4.78, 5) is 15.1. The van der Waals surface area contributed by atoms with Crippen LogP contribution >= 0.6 is 0 Å². The van der Waals surface area contributed by atoms with Crippen LogP contribution in [0.25, 0.3) is 0 Å². The Morgan fingerprint density at radius 2 is 1.56 bits per heavy atom. The molecule has 0 heterocycles. The van der Waals surface area contributed by atoms with Gasteiger partial charge >= 0.3 is 241 Å². The van der Waals surface area contributed by atoms with Crippen molar-refractivity contribution in [1.29, 1.82) is 0 Å². The number of carbonyl (C=O) groups excluding carboxylic acids is 1. The van der Waals surface area contributed by atoms with Crippen LogP contribution in [0.5, 0.6) is 5.75 Å². The van der Waals surface area contributed by atoms with Crippen LogP contribution in [0.3, 0.4) is 0 Å². The summed E-state index contributed by atoms with van der Waals surface area (Å²) in [6.45, 7) is 16.6. The first kappa shape index (κ1) is 29.0. The van der Waals surface area contributed by atoms with Gasteiger partial charge in [0.25, 0.3) is 0 Å². The van der Waals surface area contributed by atoms with Gasteiger partial charge < -0.3 is 0 Å². The van der Waals surface area contributed by atoms with Gasteiger partial charge in [-0.1, -0.05) is 0 Å². The number of rotatable bonds is 5. The number of methoxy groups -OCH3 is 1. The number of hydrogen-bond acceptors (Lipinski definition) is 3. The Morgan fingerprint density at radius 1 is 0.923 bits per heavy atom. The molecule has 0 amide bonds. The van der Waals surface area contributed by atoms with Gasteiger partial charge in [0.1, 0.15) is 0 Å². The third-order valence-electron chi connectivity index (χ3n) is 7.74. The molecule has 39 heavy (non-hydrogen) atoms. The number of esters is 1. The van der Waals surface area contributed by atoms with Gasteiger partial charge in [0, 0.05) is 0 Å². The molecule has 0 aliphatic heterocycles. The third kappa shape index (κ3) is 6.78. The molecule has 0 unspecified atom stereocenters. The van der Waals surface area contributed by atoms with Crippen molar-refractivity contribution in [3.8, 4) is 16.5 Å². The first-order valence-corrected chi connectivity index (χ1v) is 15.3. The number of fused-ring (bicyclic) bond motifs is 1. The fourth-order valence-corrected chi connectivity index (χ4v) is 6.41. The van der Waals surface area contributed by atoms with Gasteiger partial charge in [-0.2, -0.15) is 0 Å². The predicted octanol–water partition coefficient (Wildman–Crippen LogP) is 7.04. The van der Waals surface area contributed by atoms with E-state index in [0.717, 1.165) is 24.2 Å². The molecule has 1 aliphatic rings. The molecule has 3 nitrogen and oxygen atoms in total. The Bertz CT molecular complexity index is 1400. The summed E-state index contributed by atoms with van der Waals surface area (Å²) < 4.78 is 12.6. The van der Waals surface area contributed by atoms with Gasteiger partial charge in [0.2, 0.25) is 0 Å². The molecular weight excluding hydrogens is 547 g/mol. The Kier molecular flexibility index (Phi) is 8.36. The summed E-state index contributed by atoms with van der Waals surface area (Å²) in [5, 5.41) is 0. The summed E-state index contributed by atoms with van der Waals surface area (Å²) in [6, 6.07) is 20.7. The Labute approximate surface area is 240 Å². The molecule has 0 bridgehead atoms. The maximum atomic E-state index is 11.7. The van der Waals surface area contributed by atoms with Crippen molar-refractivity contribution in [3.63, 3.8) is 0 Å². The normalized spacial score (nSPS) is 15.5.